The van der Waals surface area contributed by atoms with Crippen molar-refractivity contribution in [3.05, 3.63) is 65.9 Å². The van der Waals surface area contributed by atoms with Crippen LogP contribution in [0.2, 0.25) is 0 Å². The Kier molecular flexibility index (Phi) is 6.32. The second-order valence-corrected chi connectivity index (χ2v) is 7.05. The summed E-state index contributed by atoms with van der Waals surface area (Å²) < 4.78 is 0. The van der Waals surface area contributed by atoms with Crippen molar-refractivity contribution in [3.63, 3.8) is 0 Å². The number of amides is 3. The number of anilines is 1. The van der Waals surface area contributed by atoms with Gasteiger partial charge in [-0.05, 0) is 56.5 Å². The number of carbonyl (C=O) groups excluding carboxylic acids is 2. The predicted molar refractivity (Wildman–Crippen MR) is 113 cm³/mol. The van der Waals surface area contributed by atoms with E-state index in [0.29, 0.717) is 17.8 Å². The molecule has 3 aromatic rings. The molecule has 0 radical (unpaired) electrons. The molecule has 3 rings (SSSR count). The molecule has 0 saturated carbocycles. The third-order valence-electron chi connectivity index (χ3n) is 4.39. The van der Waals surface area contributed by atoms with Crippen LogP contribution in [0.15, 0.2) is 54.7 Å². The summed E-state index contributed by atoms with van der Waals surface area (Å²) in [5, 5.41) is 9.67. The lowest BCUT2D eigenvalue weighted by Crippen LogP contribution is -2.34. The summed E-state index contributed by atoms with van der Waals surface area (Å²) in [6.07, 6.45) is 3.77. The monoisotopic (exact) mass is 378 g/mol. The van der Waals surface area contributed by atoms with Crippen molar-refractivity contribution in [2.24, 2.45) is 0 Å². The van der Waals surface area contributed by atoms with Gasteiger partial charge in [0.15, 0.2) is 0 Å². The Morgan fingerprint density at radius 2 is 1.89 bits per heavy atom. The van der Waals surface area contributed by atoms with E-state index in [1.807, 2.05) is 32.2 Å². The van der Waals surface area contributed by atoms with Gasteiger partial charge in [-0.1, -0.05) is 24.3 Å². The number of hydrogen-bond acceptors (Lipinski definition) is 2. The third kappa shape index (κ3) is 5.13. The summed E-state index contributed by atoms with van der Waals surface area (Å²) in [4.78, 5) is 27.5. The molecule has 4 N–H and O–H groups in total. The molecule has 6 heteroatoms. The SMILES string of the molecule is CC(C)NC(=O)Nc1cccc(C(=O)NCCCc2c[nH]c3ccccc23)c1. The highest BCUT2D eigenvalue weighted by molar-refractivity contribution is 5.96. The molecule has 0 aliphatic rings. The van der Waals surface area contributed by atoms with Crippen molar-refractivity contribution in [2.45, 2.75) is 32.7 Å². The molecular weight excluding hydrogens is 352 g/mol. The van der Waals surface area contributed by atoms with Gasteiger partial charge in [0.2, 0.25) is 0 Å². The van der Waals surface area contributed by atoms with Gasteiger partial charge >= 0.3 is 6.03 Å². The number of fused-ring (bicyclic) bond motifs is 1. The lowest BCUT2D eigenvalue weighted by Gasteiger charge is -2.11. The molecule has 1 heterocycles. The molecule has 0 atom stereocenters. The Morgan fingerprint density at radius 3 is 2.71 bits per heavy atom. The molecule has 0 aliphatic carbocycles. The van der Waals surface area contributed by atoms with Crippen LogP contribution in [0.3, 0.4) is 0 Å². The first-order valence-electron chi connectivity index (χ1n) is 9.53. The average Bonchev–Trinajstić information content (AvgIpc) is 3.08. The molecule has 0 spiro atoms. The highest BCUT2D eigenvalue weighted by atomic mass is 16.2. The maximum Gasteiger partial charge on any atom is 0.319 e. The number of para-hydroxylation sites is 1. The minimum absolute atomic E-state index is 0.0450. The average molecular weight is 378 g/mol. The molecule has 2 aromatic carbocycles. The van der Waals surface area contributed by atoms with Crippen LogP contribution in [0.1, 0.15) is 36.2 Å². The first-order chi connectivity index (χ1) is 13.5. The first kappa shape index (κ1) is 19.5. The van der Waals surface area contributed by atoms with E-state index in [0.717, 1.165) is 18.4 Å². The predicted octanol–water partition coefficient (Wildman–Crippen LogP) is 4.06. The van der Waals surface area contributed by atoms with Crippen molar-refractivity contribution in [1.82, 2.24) is 15.6 Å². The van der Waals surface area contributed by atoms with Crippen molar-refractivity contribution in [2.75, 3.05) is 11.9 Å². The van der Waals surface area contributed by atoms with Crippen molar-refractivity contribution < 1.29 is 9.59 Å². The molecule has 146 valence electrons. The first-order valence-corrected chi connectivity index (χ1v) is 9.53. The summed E-state index contributed by atoms with van der Waals surface area (Å²) in [6.45, 7) is 4.36. The number of rotatable bonds is 7. The molecule has 0 bridgehead atoms. The van der Waals surface area contributed by atoms with Crippen LogP contribution in [0.5, 0.6) is 0 Å². The number of aromatic amines is 1. The van der Waals surface area contributed by atoms with Gasteiger partial charge in [0.05, 0.1) is 0 Å². The van der Waals surface area contributed by atoms with E-state index in [4.69, 9.17) is 0 Å². The number of hydrogen-bond donors (Lipinski definition) is 4. The maximum absolute atomic E-state index is 12.4. The van der Waals surface area contributed by atoms with Crippen LogP contribution >= 0.6 is 0 Å². The van der Waals surface area contributed by atoms with Gasteiger partial charge < -0.3 is 20.9 Å². The van der Waals surface area contributed by atoms with E-state index < -0.39 is 0 Å². The van der Waals surface area contributed by atoms with Gasteiger partial charge in [-0.15, -0.1) is 0 Å². The number of H-pyrrole nitrogens is 1. The number of aryl methyl sites for hydroxylation is 1. The zero-order valence-corrected chi connectivity index (χ0v) is 16.2. The Balaban J connectivity index is 1.49. The van der Waals surface area contributed by atoms with Gasteiger partial charge in [-0.25, -0.2) is 4.79 Å². The topological polar surface area (TPSA) is 86.0 Å². The number of carbonyl (C=O) groups is 2. The summed E-state index contributed by atoms with van der Waals surface area (Å²) >= 11 is 0. The minimum Gasteiger partial charge on any atom is -0.361 e. The summed E-state index contributed by atoms with van der Waals surface area (Å²) in [5.74, 6) is -0.146. The fourth-order valence-electron chi connectivity index (χ4n) is 3.09. The largest absolute Gasteiger partial charge is 0.361 e. The number of urea groups is 1. The van der Waals surface area contributed by atoms with Gasteiger partial charge in [-0.3, -0.25) is 4.79 Å². The Morgan fingerprint density at radius 1 is 1.07 bits per heavy atom. The second kappa shape index (κ2) is 9.08. The van der Waals surface area contributed by atoms with Crippen molar-refractivity contribution in [3.8, 4) is 0 Å². The Labute approximate surface area is 164 Å². The fraction of sp³-hybridized carbons (Fsp3) is 0.273. The van der Waals surface area contributed by atoms with Crippen LogP contribution in [-0.4, -0.2) is 29.5 Å². The smallest absolute Gasteiger partial charge is 0.319 e. The molecular formula is C22H26N4O2. The third-order valence-corrected chi connectivity index (χ3v) is 4.39. The highest BCUT2D eigenvalue weighted by Gasteiger charge is 2.09. The van der Waals surface area contributed by atoms with Gasteiger partial charge in [0.1, 0.15) is 0 Å². The zero-order valence-electron chi connectivity index (χ0n) is 16.2. The number of aromatic nitrogens is 1. The molecule has 28 heavy (non-hydrogen) atoms. The second-order valence-electron chi connectivity index (χ2n) is 7.05. The highest BCUT2D eigenvalue weighted by Crippen LogP contribution is 2.18. The van der Waals surface area contributed by atoms with Crippen molar-refractivity contribution in [1.29, 1.82) is 0 Å². The minimum atomic E-state index is -0.286. The summed E-state index contributed by atoms with van der Waals surface area (Å²) in [7, 11) is 0. The van der Waals surface area contributed by atoms with E-state index in [2.05, 4.69) is 33.1 Å². The van der Waals surface area contributed by atoms with Crippen LogP contribution in [0, 0.1) is 0 Å². The fourth-order valence-corrected chi connectivity index (χ4v) is 3.09. The van der Waals surface area contributed by atoms with E-state index in [1.165, 1.54) is 10.9 Å². The standard InChI is InChI=1S/C22H26N4O2/c1-15(2)25-22(28)26-18-9-5-7-16(13-18)21(27)23-12-6-8-17-14-24-20-11-4-3-10-19(17)20/h3-5,7,9-11,13-15,24H,6,8,12H2,1-2H3,(H,23,27)(H2,25,26,28). The lowest BCUT2D eigenvalue weighted by molar-refractivity contribution is 0.0953. The van der Waals surface area contributed by atoms with Crippen LogP contribution < -0.4 is 16.0 Å². The van der Waals surface area contributed by atoms with Gasteiger partial charge in [0.25, 0.3) is 5.91 Å². The lowest BCUT2D eigenvalue weighted by atomic mass is 10.1. The molecule has 1 aromatic heterocycles. The molecule has 0 saturated heterocycles. The van der Waals surface area contributed by atoms with E-state index >= 15 is 0 Å². The number of benzene rings is 2. The van der Waals surface area contributed by atoms with E-state index in [1.54, 1.807) is 24.3 Å². The van der Waals surface area contributed by atoms with Gasteiger partial charge in [0, 0.05) is 40.9 Å². The summed E-state index contributed by atoms with van der Waals surface area (Å²) in [6, 6.07) is 14.9. The van der Waals surface area contributed by atoms with Gasteiger partial charge in [-0.2, -0.15) is 0 Å². The van der Waals surface area contributed by atoms with Crippen molar-refractivity contribution >= 4 is 28.5 Å². The molecule has 6 nitrogen and oxygen atoms in total. The van der Waals surface area contributed by atoms with Crippen LogP contribution in [0.4, 0.5) is 10.5 Å². The Hall–Kier alpha value is -3.28. The van der Waals surface area contributed by atoms with E-state index in [-0.39, 0.29) is 18.0 Å². The molecule has 0 unspecified atom stereocenters. The zero-order chi connectivity index (χ0) is 19.9. The normalized spacial score (nSPS) is 10.8. The summed E-state index contributed by atoms with van der Waals surface area (Å²) in [5.41, 5.74) is 3.50. The quantitative estimate of drug-likeness (QED) is 0.467. The van der Waals surface area contributed by atoms with E-state index in [9.17, 15) is 9.59 Å². The molecule has 0 aliphatic heterocycles. The maximum atomic E-state index is 12.4. The van der Waals surface area contributed by atoms with Crippen LogP contribution in [0.25, 0.3) is 10.9 Å². The molecule has 0 fully saturated rings. The number of nitrogens with one attached hydrogen (secondary N) is 4. The van der Waals surface area contributed by atoms with Crippen LogP contribution in [-0.2, 0) is 6.42 Å². The molecule has 3 amide bonds. The Bertz CT molecular complexity index is 962.